The molecule has 1 aromatic rings. The standard InChI is InChI=1S/C17H23NO6.C4H7NO4/c1-17(2,3)24-16(22)18-13(15(20)21)9-10-14(19)23-11-12-7-5-4-6-8-12;5-2(4(8)9)1-3(6)7/h4-8,13H,9-11H2,1-3H3,(H,18,22)(H,20,21);2H,1,5H2,(H,6,7)(H,8,9)/t13-;2-/m00/s1. The van der Waals surface area contributed by atoms with Gasteiger partial charge in [-0.1, -0.05) is 30.3 Å². The molecule has 2 atom stereocenters. The van der Waals surface area contributed by atoms with E-state index in [0.29, 0.717) is 0 Å². The zero-order chi connectivity index (χ0) is 25.6. The average Bonchev–Trinajstić information content (AvgIpc) is 2.68. The van der Waals surface area contributed by atoms with E-state index in [1.54, 1.807) is 20.8 Å². The summed E-state index contributed by atoms with van der Waals surface area (Å²) in [6, 6.07) is 6.63. The molecule has 0 fully saturated rings. The molecule has 33 heavy (non-hydrogen) atoms. The minimum atomic E-state index is -1.29. The largest absolute Gasteiger partial charge is 0.481 e. The van der Waals surface area contributed by atoms with Gasteiger partial charge in [-0.05, 0) is 32.8 Å². The molecule has 0 aliphatic heterocycles. The van der Waals surface area contributed by atoms with Gasteiger partial charge >= 0.3 is 30.0 Å². The van der Waals surface area contributed by atoms with Crippen LogP contribution in [0.4, 0.5) is 4.79 Å². The van der Waals surface area contributed by atoms with Crippen molar-refractivity contribution in [1.29, 1.82) is 0 Å². The molecule has 0 aliphatic carbocycles. The number of carbonyl (C=O) groups is 5. The maximum atomic E-state index is 11.7. The molecule has 0 saturated heterocycles. The first kappa shape index (κ1) is 29.3. The molecular formula is C21H30N2O10. The van der Waals surface area contributed by atoms with Crippen molar-refractivity contribution in [3.05, 3.63) is 35.9 Å². The van der Waals surface area contributed by atoms with Crippen LogP contribution >= 0.6 is 0 Å². The van der Waals surface area contributed by atoms with Crippen LogP contribution in [-0.2, 0) is 35.3 Å². The van der Waals surface area contributed by atoms with E-state index in [1.807, 2.05) is 30.3 Å². The lowest BCUT2D eigenvalue weighted by Crippen LogP contribution is -2.43. The number of carboxylic acid groups (broad SMARTS) is 3. The Labute approximate surface area is 190 Å². The lowest BCUT2D eigenvalue weighted by atomic mass is 10.1. The van der Waals surface area contributed by atoms with E-state index < -0.39 is 54.1 Å². The highest BCUT2D eigenvalue weighted by Gasteiger charge is 2.24. The predicted molar refractivity (Wildman–Crippen MR) is 114 cm³/mol. The summed E-state index contributed by atoms with van der Waals surface area (Å²) >= 11 is 0. The lowest BCUT2D eigenvalue weighted by Gasteiger charge is -2.21. The summed E-state index contributed by atoms with van der Waals surface area (Å²) in [5.41, 5.74) is 4.94. The van der Waals surface area contributed by atoms with Crippen LogP contribution < -0.4 is 11.1 Å². The van der Waals surface area contributed by atoms with Crippen LogP contribution in [0, 0.1) is 0 Å². The molecule has 12 heteroatoms. The van der Waals surface area contributed by atoms with E-state index in [1.165, 1.54) is 0 Å². The molecule has 0 aromatic heterocycles. The first-order valence-electron chi connectivity index (χ1n) is 9.83. The molecule has 1 aromatic carbocycles. The van der Waals surface area contributed by atoms with Crippen LogP contribution in [0.1, 0.15) is 45.6 Å². The molecule has 1 rings (SSSR count). The number of alkyl carbamates (subject to hydrolysis) is 1. The molecule has 0 bridgehead atoms. The Kier molecular flexibility index (Phi) is 12.8. The molecule has 0 heterocycles. The van der Waals surface area contributed by atoms with Gasteiger partial charge in [0, 0.05) is 6.42 Å². The fourth-order valence-electron chi connectivity index (χ4n) is 2.06. The average molecular weight is 470 g/mol. The van der Waals surface area contributed by atoms with Gasteiger partial charge < -0.3 is 35.8 Å². The fourth-order valence-corrected chi connectivity index (χ4v) is 2.06. The van der Waals surface area contributed by atoms with Crippen molar-refractivity contribution in [3.8, 4) is 0 Å². The highest BCUT2D eigenvalue weighted by molar-refractivity contribution is 5.81. The Bertz CT molecular complexity index is 805. The Morgan fingerprint density at radius 3 is 2.00 bits per heavy atom. The van der Waals surface area contributed by atoms with Crippen molar-refractivity contribution in [2.24, 2.45) is 5.73 Å². The maximum absolute atomic E-state index is 11.7. The molecule has 0 aliphatic rings. The lowest BCUT2D eigenvalue weighted by molar-refractivity contribution is -0.146. The second kappa shape index (κ2) is 14.4. The molecule has 6 N–H and O–H groups in total. The SMILES string of the molecule is CC(C)(C)OC(=O)N[C@@H](CCC(=O)OCc1ccccc1)C(=O)O.N[C@@H](CC(=O)O)C(=O)O. The van der Waals surface area contributed by atoms with Gasteiger partial charge in [-0.15, -0.1) is 0 Å². The maximum Gasteiger partial charge on any atom is 0.408 e. The number of hydrogen-bond donors (Lipinski definition) is 5. The quantitative estimate of drug-likeness (QED) is 0.309. The number of esters is 1. The summed E-state index contributed by atoms with van der Waals surface area (Å²) in [6.45, 7) is 5.13. The number of aliphatic carboxylic acids is 3. The number of ether oxygens (including phenoxy) is 2. The third kappa shape index (κ3) is 15.7. The van der Waals surface area contributed by atoms with Crippen LogP contribution in [0.2, 0.25) is 0 Å². The van der Waals surface area contributed by atoms with Crippen molar-refractivity contribution >= 4 is 30.0 Å². The van der Waals surface area contributed by atoms with Gasteiger partial charge in [0.25, 0.3) is 0 Å². The zero-order valence-electron chi connectivity index (χ0n) is 18.6. The highest BCUT2D eigenvalue weighted by Crippen LogP contribution is 2.09. The van der Waals surface area contributed by atoms with Gasteiger partial charge in [0.2, 0.25) is 0 Å². The monoisotopic (exact) mass is 470 g/mol. The van der Waals surface area contributed by atoms with Crippen molar-refractivity contribution in [1.82, 2.24) is 5.32 Å². The van der Waals surface area contributed by atoms with Crippen LogP contribution in [0.5, 0.6) is 0 Å². The van der Waals surface area contributed by atoms with Crippen LogP contribution in [0.3, 0.4) is 0 Å². The summed E-state index contributed by atoms with van der Waals surface area (Å²) in [6.07, 6.45) is -1.58. The van der Waals surface area contributed by atoms with Gasteiger partial charge in [-0.3, -0.25) is 14.4 Å². The number of carboxylic acids is 3. The van der Waals surface area contributed by atoms with Gasteiger partial charge in [-0.2, -0.15) is 0 Å². The summed E-state index contributed by atoms with van der Waals surface area (Å²) in [5.74, 6) is -4.27. The van der Waals surface area contributed by atoms with Crippen LogP contribution in [0.25, 0.3) is 0 Å². The van der Waals surface area contributed by atoms with Gasteiger partial charge in [-0.25, -0.2) is 9.59 Å². The minimum absolute atomic E-state index is 0.0812. The van der Waals surface area contributed by atoms with Crippen LogP contribution in [0.15, 0.2) is 30.3 Å². The molecular weight excluding hydrogens is 440 g/mol. The van der Waals surface area contributed by atoms with Crippen molar-refractivity contribution in [3.63, 3.8) is 0 Å². The second-order valence-electron chi connectivity index (χ2n) is 7.76. The summed E-state index contributed by atoms with van der Waals surface area (Å²) in [4.78, 5) is 54.1. The number of hydrogen-bond acceptors (Lipinski definition) is 8. The van der Waals surface area contributed by atoms with Crippen molar-refractivity contribution < 1.29 is 48.8 Å². The van der Waals surface area contributed by atoms with E-state index in [2.05, 4.69) is 5.32 Å². The third-order valence-corrected chi connectivity index (χ3v) is 3.58. The normalized spacial score (nSPS) is 12.2. The first-order chi connectivity index (χ1) is 15.2. The molecule has 0 unspecified atom stereocenters. The molecule has 0 radical (unpaired) electrons. The molecule has 1 amide bonds. The predicted octanol–water partition coefficient (Wildman–Crippen LogP) is 1.36. The number of nitrogens with two attached hydrogens (primary N) is 1. The van der Waals surface area contributed by atoms with Crippen LogP contribution in [-0.4, -0.2) is 63.0 Å². The molecule has 12 nitrogen and oxygen atoms in total. The summed E-state index contributed by atoms with van der Waals surface area (Å²) < 4.78 is 10.1. The van der Waals surface area contributed by atoms with Crippen molar-refractivity contribution in [2.75, 3.05) is 0 Å². The van der Waals surface area contributed by atoms with E-state index in [-0.39, 0.29) is 19.4 Å². The zero-order valence-corrected chi connectivity index (χ0v) is 18.6. The third-order valence-electron chi connectivity index (χ3n) is 3.58. The van der Waals surface area contributed by atoms with E-state index in [0.717, 1.165) is 5.56 Å². The van der Waals surface area contributed by atoms with E-state index >= 15 is 0 Å². The van der Waals surface area contributed by atoms with E-state index in [4.69, 9.17) is 30.5 Å². The fraction of sp³-hybridized carbons (Fsp3) is 0.476. The minimum Gasteiger partial charge on any atom is -0.481 e. The smallest absolute Gasteiger partial charge is 0.408 e. The molecule has 0 spiro atoms. The first-order valence-corrected chi connectivity index (χ1v) is 9.83. The molecule has 0 saturated carbocycles. The number of amides is 1. The highest BCUT2D eigenvalue weighted by atomic mass is 16.6. The summed E-state index contributed by atoms with van der Waals surface area (Å²) in [7, 11) is 0. The number of carbonyl (C=O) groups excluding carboxylic acids is 2. The van der Waals surface area contributed by atoms with Crippen molar-refractivity contribution in [2.45, 2.75) is 64.3 Å². The van der Waals surface area contributed by atoms with Gasteiger partial charge in [0.15, 0.2) is 0 Å². The van der Waals surface area contributed by atoms with Gasteiger partial charge in [0.05, 0.1) is 6.42 Å². The van der Waals surface area contributed by atoms with E-state index in [9.17, 15) is 24.0 Å². The number of rotatable bonds is 10. The number of nitrogens with one attached hydrogen (secondary N) is 1. The Hall–Kier alpha value is -3.67. The molecule has 184 valence electrons. The Balaban J connectivity index is 0.000000960. The Morgan fingerprint density at radius 2 is 1.58 bits per heavy atom. The topological polar surface area (TPSA) is 203 Å². The number of benzene rings is 1. The summed E-state index contributed by atoms with van der Waals surface area (Å²) in [5, 5.41) is 27.4. The Morgan fingerprint density at radius 1 is 1.00 bits per heavy atom. The second-order valence-corrected chi connectivity index (χ2v) is 7.76. The van der Waals surface area contributed by atoms with Gasteiger partial charge in [0.1, 0.15) is 24.3 Å².